The molecule has 2 rings (SSSR count). The Kier molecular flexibility index (Phi) is 7.90. The van der Waals surface area contributed by atoms with Gasteiger partial charge in [0, 0.05) is 23.1 Å². The van der Waals surface area contributed by atoms with Crippen LogP contribution in [-0.2, 0) is 0 Å². The maximum absolute atomic E-state index is 12.6. The van der Waals surface area contributed by atoms with Gasteiger partial charge in [0.25, 0.3) is 0 Å². The average molecular weight is 341 g/mol. The van der Waals surface area contributed by atoms with Gasteiger partial charge in [-0.3, -0.25) is 4.79 Å². The SMILES string of the molecule is CCCCCCCCCCCC(=O)c1ccc(O)c2nc(C)ccc12. The monoisotopic (exact) mass is 341 g/mol. The van der Waals surface area contributed by atoms with E-state index in [0.717, 1.165) is 23.9 Å². The van der Waals surface area contributed by atoms with E-state index in [-0.39, 0.29) is 11.5 Å². The van der Waals surface area contributed by atoms with Crippen LogP contribution in [0.4, 0.5) is 0 Å². The number of aromatic nitrogens is 1. The van der Waals surface area contributed by atoms with Crippen LogP contribution >= 0.6 is 0 Å². The Labute approximate surface area is 151 Å². The maximum atomic E-state index is 12.6. The minimum Gasteiger partial charge on any atom is -0.506 e. The fraction of sp³-hybridized carbons (Fsp3) is 0.545. The number of phenolic OH excluding ortho intramolecular Hbond substituents is 1. The summed E-state index contributed by atoms with van der Waals surface area (Å²) in [6.07, 6.45) is 11.8. The summed E-state index contributed by atoms with van der Waals surface area (Å²) in [5, 5.41) is 10.7. The highest BCUT2D eigenvalue weighted by atomic mass is 16.3. The van der Waals surface area contributed by atoms with Crippen LogP contribution in [0, 0.1) is 6.92 Å². The molecule has 0 bridgehead atoms. The summed E-state index contributed by atoms with van der Waals surface area (Å²) in [6.45, 7) is 4.13. The summed E-state index contributed by atoms with van der Waals surface area (Å²) in [5.74, 6) is 0.289. The topological polar surface area (TPSA) is 50.2 Å². The highest BCUT2D eigenvalue weighted by Crippen LogP contribution is 2.27. The van der Waals surface area contributed by atoms with Gasteiger partial charge in [-0.05, 0) is 31.5 Å². The molecule has 1 aromatic heterocycles. The van der Waals surface area contributed by atoms with Crippen molar-refractivity contribution >= 4 is 16.7 Å². The van der Waals surface area contributed by atoms with E-state index in [9.17, 15) is 9.90 Å². The van der Waals surface area contributed by atoms with Crippen LogP contribution in [0.1, 0.15) is 87.2 Å². The lowest BCUT2D eigenvalue weighted by atomic mass is 9.99. The number of unbranched alkanes of at least 4 members (excludes halogenated alkanes) is 8. The summed E-state index contributed by atoms with van der Waals surface area (Å²) >= 11 is 0. The number of fused-ring (bicyclic) bond motifs is 1. The molecule has 1 aromatic carbocycles. The first kappa shape index (κ1) is 19.4. The highest BCUT2D eigenvalue weighted by molar-refractivity contribution is 6.08. The van der Waals surface area contributed by atoms with E-state index in [4.69, 9.17) is 0 Å². The number of ketones is 1. The molecule has 0 fully saturated rings. The molecule has 1 N–H and O–H groups in total. The number of aryl methyl sites for hydroxylation is 1. The van der Waals surface area contributed by atoms with Gasteiger partial charge in [0.15, 0.2) is 5.78 Å². The molecular weight excluding hydrogens is 310 g/mol. The molecule has 136 valence electrons. The summed E-state index contributed by atoms with van der Waals surface area (Å²) in [7, 11) is 0. The molecule has 3 nitrogen and oxygen atoms in total. The van der Waals surface area contributed by atoms with Crippen molar-refractivity contribution in [2.24, 2.45) is 0 Å². The van der Waals surface area contributed by atoms with Gasteiger partial charge in [-0.2, -0.15) is 0 Å². The molecule has 0 amide bonds. The molecular formula is C22H31NO2. The van der Waals surface area contributed by atoms with Crippen molar-refractivity contribution in [1.82, 2.24) is 4.98 Å². The zero-order valence-corrected chi connectivity index (χ0v) is 15.7. The second-order valence-electron chi connectivity index (χ2n) is 6.98. The Morgan fingerprint density at radius 3 is 2.24 bits per heavy atom. The quantitative estimate of drug-likeness (QED) is 0.382. The minimum atomic E-state index is 0.137. The van der Waals surface area contributed by atoms with E-state index < -0.39 is 0 Å². The molecule has 0 saturated carbocycles. The number of carbonyl (C=O) groups excluding carboxylic acids is 1. The van der Waals surface area contributed by atoms with Crippen molar-refractivity contribution < 1.29 is 9.90 Å². The zero-order chi connectivity index (χ0) is 18.1. The highest BCUT2D eigenvalue weighted by Gasteiger charge is 2.13. The Bertz CT molecular complexity index is 694. The van der Waals surface area contributed by atoms with Crippen molar-refractivity contribution in [2.75, 3.05) is 0 Å². The van der Waals surface area contributed by atoms with Crippen LogP contribution in [0.5, 0.6) is 5.75 Å². The third-order valence-corrected chi connectivity index (χ3v) is 4.78. The van der Waals surface area contributed by atoms with Gasteiger partial charge in [0.2, 0.25) is 0 Å². The molecule has 0 saturated heterocycles. The average Bonchev–Trinajstić information content (AvgIpc) is 2.61. The largest absolute Gasteiger partial charge is 0.506 e. The van der Waals surface area contributed by atoms with Crippen molar-refractivity contribution in [3.05, 3.63) is 35.5 Å². The number of Topliss-reactive ketones (excluding diaryl/α,β-unsaturated/α-hetero) is 1. The van der Waals surface area contributed by atoms with E-state index in [1.54, 1.807) is 12.1 Å². The fourth-order valence-corrected chi connectivity index (χ4v) is 3.27. The Balaban J connectivity index is 1.80. The summed E-state index contributed by atoms with van der Waals surface area (Å²) in [6, 6.07) is 7.08. The number of carbonyl (C=O) groups is 1. The second-order valence-corrected chi connectivity index (χ2v) is 6.98. The van der Waals surface area contributed by atoms with Gasteiger partial charge < -0.3 is 5.11 Å². The first-order chi connectivity index (χ1) is 12.1. The molecule has 0 unspecified atom stereocenters. The molecule has 0 atom stereocenters. The molecule has 25 heavy (non-hydrogen) atoms. The molecule has 0 spiro atoms. The molecule has 1 heterocycles. The number of hydrogen-bond acceptors (Lipinski definition) is 3. The van der Waals surface area contributed by atoms with Crippen LogP contribution in [0.15, 0.2) is 24.3 Å². The van der Waals surface area contributed by atoms with Crippen LogP contribution in [-0.4, -0.2) is 15.9 Å². The van der Waals surface area contributed by atoms with Gasteiger partial charge in [-0.15, -0.1) is 0 Å². The van der Waals surface area contributed by atoms with Crippen LogP contribution in [0.3, 0.4) is 0 Å². The lowest BCUT2D eigenvalue weighted by Crippen LogP contribution is -2.01. The number of nitrogens with zero attached hydrogens (tertiary/aromatic N) is 1. The lowest BCUT2D eigenvalue weighted by Gasteiger charge is -2.08. The van der Waals surface area contributed by atoms with Crippen molar-refractivity contribution in [1.29, 1.82) is 0 Å². The first-order valence-corrected chi connectivity index (χ1v) is 9.76. The second kappa shape index (κ2) is 10.2. The number of benzene rings is 1. The van der Waals surface area contributed by atoms with Crippen LogP contribution in [0.25, 0.3) is 10.9 Å². The number of pyridine rings is 1. The van der Waals surface area contributed by atoms with Gasteiger partial charge in [-0.1, -0.05) is 64.4 Å². The Hall–Kier alpha value is -1.90. The minimum absolute atomic E-state index is 0.137. The van der Waals surface area contributed by atoms with Gasteiger partial charge in [0.05, 0.1) is 0 Å². The van der Waals surface area contributed by atoms with Crippen LogP contribution in [0.2, 0.25) is 0 Å². The standard InChI is InChI=1S/C22H31NO2/c1-3-4-5-6-7-8-9-10-11-12-20(24)18-15-16-21(25)22-19(18)14-13-17(2)23-22/h13-16,25H,3-12H2,1-2H3. The number of hydrogen-bond donors (Lipinski definition) is 1. The Morgan fingerprint density at radius 2 is 1.56 bits per heavy atom. The van der Waals surface area contributed by atoms with E-state index in [1.807, 2.05) is 19.1 Å². The Morgan fingerprint density at radius 1 is 0.920 bits per heavy atom. The first-order valence-electron chi connectivity index (χ1n) is 9.76. The smallest absolute Gasteiger partial charge is 0.163 e. The zero-order valence-electron chi connectivity index (χ0n) is 15.7. The van der Waals surface area contributed by atoms with Gasteiger partial charge >= 0.3 is 0 Å². The third kappa shape index (κ3) is 5.84. The molecule has 0 radical (unpaired) electrons. The van der Waals surface area contributed by atoms with Gasteiger partial charge in [0.1, 0.15) is 11.3 Å². The van der Waals surface area contributed by atoms with E-state index in [0.29, 0.717) is 17.5 Å². The van der Waals surface area contributed by atoms with Crippen molar-refractivity contribution in [3.63, 3.8) is 0 Å². The molecule has 0 aliphatic heterocycles. The van der Waals surface area contributed by atoms with Crippen LogP contribution < -0.4 is 0 Å². The predicted octanol–water partition coefficient (Wildman–Crippen LogP) is 6.35. The number of rotatable bonds is 11. The van der Waals surface area contributed by atoms with Gasteiger partial charge in [-0.25, -0.2) is 4.98 Å². The summed E-state index contributed by atoms with van der Waals surface area (Å²) in [5.41, 5.74) is 2.05. The van der Waals surface area contributed by atoms with E-state index >= 15 is 0 Å². The predicted molar refractivity (Wildman–Crippen MR) is 104 cm³/mol. The number of aromatic hydroxyl groups is 1. The summed E-state index contributed by atoms with van der Waals surface area (Å²) in [4.78, 5) is 16.9. The van der Waals surface area contributed by atoms with Crippen molar-refractivity contribution in [2.45, 2.75) is 78.1 Å². The molecule has 0 aliphatic rings. The summed E-state index contributed by atoms with van der Waals surface area (Å²) < 4.78 is 0. The van der Waals surface area contributed by atoms with E-state index in [2.05, 4.69) is 11.9 Å². The lowest BCUT2D eigenvalue weighted by molar-refractivity contribution is 0.0980. The van der Waals surface area contributed by atoms with E-state index in [1.165, 1.54) is 44.9 Å². The third-order valence-electron chi connectivity index (χ3n) is 4.78. The van der Waals surface area contributed by atoms with Crippen molar-refractivity contribution in [3.8, 4) is 5.75 Å². The molecule has 3 heteroatoms. The normalized spacial score (nSPS) is 11.1. The maximum Gasteiger partial charge on any atom is 0.163 e. The number of phenols is 1. The molecule has 0 aliphatic carbocycles. The fourth-order valence-electron chi connectivity index (χ4n) is 3.27. The molecule has 2 aromatic rings.